The van der Waals surface area contributed by atoms with E-state index in [1.54, 1.807) is 7.11 Å². The average Bonchev–Trinajstić information content (AvgIpc) is 2.50. The molecule has 23 heavy (non-hydrogen) atoms. The Bertz CT molecular complexity index is 343. The first-order valence-electron chi connectivity index (χ1n) is 8.16. The van der Waals surface area contributed by atoms with Gasteiger partial charge in [-0.3, -0.25) is 4.99 Å². The van der Waals surface area contributed by atoms with E-state index in [0.717, 1.165) is 32.4 Å². The number of methoxy groups -OCH3 is 1. The largest absolute Gasteiger partial charge is 0.390 e. The number of hydrogen-bond acceptors (Lipinski definition) is 3. The first-order valence-corrected chi connectivity index (χ1v) is 8.16. The van der Waals surface area contributed by atoms with E-state index >= 15 is 0 Å². The van der Waals surface area contributed by atoms with E-state index in [9.17, 15) is 13.2 Å². The van der Waals surface area contributed by atoms with Crippen LogP contribution in [0.25, 0.3) is 0 Å². The summed E-state index contributed by atoms with van der Waals surface area (Å²) in [4.78, 5) is 6.10. The van der Waals surface area contributed by atoms with E-state index in [-0.39, 0.29) is 12.6 Å². The summed E-state index contributed by atoms with van der Waals surface area (Å²) in [6, 6.07) is 0. The van der Waals surface area contributed by atoms with Crippen LogP contribution in [0.2, 0.25) is 0 Å². The molecule has 1 fully saturated rings. The van der Waals surface area contributed by atoms with Gasteiger partial charge in [-0.05, 0) is 26.2 Å². The number of alkyl halides is 3. The van der Waals surface area contributed by atoms with Crippen molar-refractivity contribution in [2.45, 2.75) is 44.9 Å². The van der Waals surface area contributed by atoms with Crippen molar-refractivity contribution in [3.05, 3.63) is 0 Å². The molecule has 0 radical (unpaired) electrons. The molecule has 1 rings (SSSR count). The second kappa shape index (κ2) is 10.7. The van der Waals surface area contributed by atoms with Crippen molar-refractivity contribution in [1.29, 1.82) is 0 Å². The van der Waals surface area contributed by atoms with Gasteiger partial charge in [0, 0.05) is 40.0 Å². The Kier molecular flexibility index (Phi) is 9.31. The number of likely N-dealkylation sites (tertiary alicyclic amines) is 1. The SMILES string of the molecule is CCNC(=NCCC(F)(F)F)N1CCC(OCCCOC)CC1. The highest BCUT2D eigenvalue weighted by Gasteiger charge is 2.27. The number of aliphatic imine (C=N–C) groups is 1. The standard InChI is InChI=1S/C15H28F3N3O2/c1-3-19-14(20-8-7-15(16,17)18)21-9-5-13(6-10-21)23-12-4-11-22-2/h13H,3-12H2,1-2H3,(H,19,20). The van der Waals surface area contributed by atoms with Crippen molar-refractivity contribution in [3.63, 3.8) is 0 Å². The Morgan fingerprint density at radius 2 is 1.96 bits per heavy atom. The fourth-order valence-electron chi connectivity index (χ4n) is 2.40. The van der Waals surface area contributed by atoms with Gasteiger partial charge in [0.05, 0.1) is 19.1 Å². The van der Waals surface area contributed by atoms with E-state index in [1.807, 2.05) is 11.8 Å². The highest BCUT2D eigenvalue weighted by molar-refractivity contribution is 5.80. The maximum Gasteiger partial charge on any atom is 0.390 e. The minimum atomic E-state index is -4.16. The highest BCUT2D eigenvalue weighted by Crippen LogP contribution is 2.19. The molecule has 0 aromatic heterocycles. The Morgan fingerprint density at radius 3 is 2.52 bits per heavy atom. The molecule has 0 spiro atoms. The van der Waals surface area contributed by atoms with Gasteiger partial charge in [-0.15, -0.1) is 0 Å². The molecule has 5 nitrogen and oxygen atoms in total. The summed E-state index contributed by atoms with van der Waals surface area (Å²) in [5.74, 6) is 0.564. The van der Waals surface area contributed by atoms with Crippen LogP contribution < -0.4 is 5.32 Å². The van der Waals surface area contributed by atoms with Crippen molar-refractivity contribution in [1.82, 2.24) is 10.2 Å². The normalized spacial score (nSPS) is 17.6. The van der Waals surface area contributed by atoms with Crippen LogP contribution in [0.15, 0.2) is 4.99 Å². The first-order chi connectivity index (χ1) is 11.0. The third kappa shape index (κ3) is 9.00. The highest BCUT2D eigenvalue weighted by atomic mass is 19.4. The molecule has 1 heterocycles. The molecule has 0 aromatic rings. The van der Waals surface area contributed by atoms with Gasteiger partial charge < -0.3 is 19.7 Å². The molecule has 0 amide bonds. The van der Waals surface area contributed by atoms with Crippen molar-refractivity contribution >= 4 is 5.96 Å². The Hall–Kier alpha value is -1.02. The zero-order valence-corrected chi connectivity index (χ0v) is 14.0. The zero-order valence-electron chi connectivity index (χ0n) is 14.0. The van der Waals surface area contributed by atoms with Gasteiger partial charge in [-0.25, -0.2) is 0 Å². The molecule has 8 heteroatoms. The minimum Gasteiger partial charge on any atom is -0.385 e. The van der Waals surface area contributed by atoms with Crippen LogP contribution in [-0.4, -0.2) is 69.6 Å². The second-order valence-electron chi connectivity index (χ2n) is 5.50. The van der Waals surface area contributed by atoms with Crippen LogP contribution in [0.3, 0.4) is 0 Å². The molecule has 0 saturated carbocycles. The van der Waals surface area contributed by atoms with Crippen LogP contribution in [0, 0.1) is 0 Å². The monoisotopic (exact) mass is 339 g/mol. The van der Waals surface area contributed by atoms with Gasteiger partial charge in [0.2, 0.25) is 0 Å². The lowest BCUT2D eigenvalue weighted by Gasteiger charge is -2.34. The second-order valence-corrected chi connectivity index (χ2v) is 5.50. The Labute approximate surface area is 136 Å². The molecular formula is C15H28F3N3O2. The van der Waals surface area contributed by atoms with Gasteiger partial charge in [-0.1, -0.05) is 0 Å². The first kappa shape index (κ1) is 20.0. The molecule has 0 bridgehead atoms. The maximum absolute atomic E-state index is 12.2. The van der Waals surface area contributed by atoms with Crippen molar-refractivity contribution in [2.75, 3.05) is 46.5 Å². The van der Waals surface area contributed by atoms with Crippen LogP contribution >= 0.6 is 0 Å². The van der Waals surface area contributed by atoms with Crippen LogP contribution in [0.5, 0.6) is 0 Å². The van der Waals surface area contributed by atoms with E-state index in [0.29, 0.717) is 25.7 Å². The summed E-state index contributed by atoms with van der Waals surface area (Å²) in [5.41, 5.74) is 0. The summed E-state index contributed by atoms with van der Waals surface area (Å²) in [5, 5.41) is 3.06. The Morgan fingerprint density at radius 1 is 1.26 bits per heavy atom. The lowest BCUT2D eigenvalue weighted by molar-refractivity contribution is -0.132. The Balaban J connectivity index is 2.36. The summed E-state index contributed by atoms with van der Waals surface area (Å²) < 4.78 is 47.4. The van der Waals surface area contributed by atoms with E-state index in [4.69, 9.17) is 9.47 Å². The molecule has 0 aliphatic carbocycles. The lowest BCUT2D eigenvalue weighted by Crippen LogP contribution is -2.47. The summed E-state index contributed by atoms with van der Waals surface area (Å²) in [7, 11) is 1.67. The fraction of sp³-hybridized carbons (Fsp3) is 0.933. The summed E-state index contributed by atoms with van der Waals surface area (Å²) in [6.45, 7) is 5.16. The van der Waals surface area contributed by atoms with Gasteiger partial charge in [0.15, 0.2) is 5.96 Å². The van der Waals surface area contributed by atoms with Crippen molar-refractivity contribution < 1.29 is 22.6 Å². The quantitative estimate of drug-likeness (QED) is 0.419. The molecule has 1 aliphatic heterocycles. The van der Waals surface area contributed by atoms with Gasteiger partial charge >= 0.3 is 6.18 Å². The topological polar surface area (TPSA) is 46.1 Å². The van der Waals surface area contributed by atoms with Gasteiger partial charge in [-0.2, -0.15) is 13.2 Å². The fourth-order valence-corrected chi connectivity index (χ4v) is 2.40. The van der Waals surface area contributed by atoms with Crippen molar-refractivity contribution in [3.8, 4) is 0 Å². The number of rotatable bonds is 8. The van der Waals surface area contributed by atoms with Crippen molar-refractivity contribution in [2.24, 2.45) is 4.99 Å². The number of piperidine rings is 1. The number of hydrogen-bond donors (Lipinski definition) is 1. The zero-order chi connectivity index (χ0) is 17.1. The minimum absolute atomic E-state index is 0.209. The van der Waals surface area contributed by atoms with E-state index in [2.05, 4.69) is 10.3 Å². The molecule has 1 aliphatic rings. The number of halogens is 3. The molecule has 0 unspecified atom stereocenters. The van der Waals surface area contributed by atoms with E-state index in [1.165, 1.54) is 0 Å². The van der Waals surface area contributed by atoms with Crippen LogP contribution in [0.1, 0.15) is 32.6 Å². The molecule has 1 N–H and O–H groups in total. The molecule has 0 aromatic carbocycles. The third-order valence-corrected chi connectivity index (χ3v) is 3.58. The smallest absolute Gasteiger partial charge is 0.385 e. The van der Waals surface area contributed by atoms with Gasteiger partial charge in [0.25, 0.3) is 0 Å². The number of ether oxygens (including phenoxy) is 2. The molecular weight excluding hydrogens is 311 g/mol. The third-order valence-electron chi connectivity index (χ3n) is 3.58. The maximum atomic E-state index is 12.2. The molecule has 1 saturated heterocycles. The molecule has 136 valence electrons. The summed E-state index contributed by atoms with van der Waals surface area (Å²) >= 11 is 0. The average molecular weight is 339 g/mol. The number of guanidine groups is 1. The lowest BCUT2D eigenvalue weighted by atomic mass is 10.1. The predicted molar refractivity (Wildman–Crippen MR) is 83.7 cm³/mol. The van der Waals surface area contributed by atoms with Crippen LogP contribution in [-0.2, 0) is 9.47 Å². The number of nitrogens with one attached hydrogen (secondary N) is 1. The number of nitrogens with zero attached hydrogens (tertiary/aromatic N) is 2. The summed E-state index contributed by atoms with van der Waals surface area (Å²) in [6.07, 6.45) is -2.25. The van der Waals surface area contributed by atoms with Crippen LogP contribution in [0.4, 0.5) is 13.2 Å². The van der Waals surface area contributed by atoms with E-state index < -0.39 is 12.6 Å². The van der Waals surface area contributed by atoms with Gasteiger partial charge in [0.1, 0.15) is 0 Å². The molecule has 0 atom stereocenters. The predicted octanol–water partition coefficient (Wildman–Crippen LogP) is 2.42.